The molecule has 20 heavy (non-hydrogen) atoms. The summed E-state index contributed by atoms with van der Waals surface area (Å²) in [5.74, 6) is 0.503. The quantitative estimate of drug-likeness (QED) is 0.922. The lowest BCUT2D eigenvalue weighted by atomic mass is 9.85. The van der Waals surface area contributed by atoms with E-state index in [4.69, 9.17) is 5.73 Å². The number of carbonyl (C=O) groups is 1. The van der Waals surface area contributed by atoms with Crippen LogP contribution in [-0.2, 0) is 11.2 Å². The van der Waals surface area contributed by atoms with Gasteiger partial charge in [0, 0.05) is 5.92 Å². The molecule has 2 aromatic rings. The number of nitrogens with zero attached hydrogens (tertiary/aromatic N) is 3. The Morgan fingerprint density at radius 2 is 2.15 bits per heavy atom. The van der Waals surface area contributed by atoms with Crippen molar-refractivity contribution in [3.05, 3.63) is 41.7 Å². The molecule has 0 saturated heterocycles. The maximum atomic E-state index is 13.9. The number of hydrogen-bond donors (Lipinski definition) is 1. The summed E-state index contributed by atoms with van der Waals surface area (Å²) in [5.41, 5.74) is 5.53. The molecule has 1 aliphatic carbocycles. The van der Waals surface area contributed by atoms with Crippen LogP contribution in [0.2, 0.25) is 0 Å². The van der Waals surface area contributed by atoms with Crippen LogP contribution in [0, 0.1) is 5.82 Å². The lowest BCUT2D eigenvalue weighted by molar-refractivity contribution is -0.117. The van der Waals surface area contributed by atoms with E-state index in [2.05, 4.69) is 10.1 Å². The molecule has 2 N–H and O–H groups in total. The lowest BCUT2D eigenvalue weighted by Gasteiger charge is -2.24. The van der Waals surface area contributed by atoms with E-state index >= 15 is 0 Å². The van der Waals surface area contributed by atoms with Crippen molar-refractivity contribution < 1.29 is 9.18 Å². The van der Waals surface area contributed by atoms with Crippen LogP contribution in [0.15, 0.2) is 24.3 Å². The first-order valence-corrected chi connectivity index (χ1v) is 6.64. The molecule has 104 valence electrons. The molecule has 0 radical (unpaired) electrons. The molecule has 6 heteroatoms. The van der Waals surface area contributed by atoms with Gasteiger partial charge in [0.1, 0.15) is 17.3 Å². The third kappa shape index (κ3) is 2.29. The summed E-state index contributed by atoms with van der Waals surface area (Å²) < 4.78 is 15.4. The zero-order valence-electron chi connectivity index (χ0n) is 10.9. The van der Waals surface area contributed by atoms with E-state index in [9.17, 15) is 9.18 Å². The maximum absolute atomic E-state index is 13.9. The van der Waals surface area contributed by atoms with Crippen LogP contribution in [0.5, 0.6) is 0 Å². The van der Waals surface area contributed by atoms with Gasteiger partial charge in [-0.15, -0.1) is 0 Å². The van der Waals surface area contributed by atoms with Crippen LogP contribution in [0.1, 0.15) is 36.8 Å². The van der Waals surface area contributed by atoms with Crippen molar-refractivity contribution in [3.8, 4) is 5.69 Å². The Hall–Kier alpha value is -2.24. The molecule has 5 nitrogen and oxygen atoms in total. The summed E-state index contributed by atoms with van der Waals surface area (Å²) in [7, 11) is 0. The number of rotatable bonds is 4. The Morgan fingerprint density at radius 3 is 2.75 bits per heavy atom. The van der Waals surface area contributed by atoms with Crippen molar-refractivity contribution in [1.82, 2.24) is 14.8 Å². The number of aromatic nitrogens is 3. The molecule has 3 rings (SSSR count). The maximum Gasteiger partial charge on any atom is 0.225 e. The number of benzene rings is 1. The van der Waals surface area contributed by atoms with Gasteiger partial charge >= 0.3 is 0 Å². The van der Waals surface area contributed by atoms with Gasteiger partial charge in [0.25, 0.3) is 0 Å². The molecule has 1 aliphatic rings. The molecule has 0 unspecified atom stereocenters. The van der Waals surface area contributed by atoms with Crippen molar-refractivity contribution in [3.63, 3.8) is 0 Å². The van der Waals surface area contributed by atoms with Gasteiger partial charge in [-0.05, 0) is 25.0 Å². The molecular formula is C14H15FN4O. The van der Waals surface area contributed by atoms with Crippen molar-refractivity contribution >= 4 is 5.91 Å². The fraction of sp³-hybridized carbons (Fsp3) is 0.357. The fourth-order valence-corrected chi connectivity index (χ4v) is 2.33. The summed E-state index contributed by atoms with van der Waals surface area (Å²) in [5, 5.41) is 4.25. The molecule has 1 aromatic heterocycles. The Morgan fingerprint density at radius 1 is 1.40 bits per heavy atom. The number of para-hydroxylation sites is 1. The Labute approximate surface area is 115 Å². The zero-order chi connectivity index (χ0) is 14.1. The number of hydrogen-bond acceptors (Lipinski definition) is 3. The van der Waals surface area contributed by atoms with E-state index in [-0.39, 0.29) is 18.2 Å². The third-order valence-electron chi connectivity index (χ3n) is 3.56. The molecule has 0 aliphatic heterocycles. The van der Waals surface area contributed by atoms with Gasteiger partial charge in [0.05, 0.1) is 6.42 Å². The average molecular weight is 274 g/mol. The Kier molecular flexibility index (Phi) is 3.22. The highest BCUT2D eigenvalue weighted by Gasteiger charge is 2.27. The van der Waals surface area contributed by atoms with Gasteiger partial charge in [-0.3, -0.25) is 4.79 Å². The first kappa shape index (κ1) is 12.8. The summed E-state index contributed by atoms with van der Waals surface area (Å²) in [6, 6.07) is 6.41. The summed E-state index contributed by atoms with van der Waals surface area (Å²) in [6.45, 7) is 0. The zero-order valence-corrected chi connectivity index (χ0v) is 10.9. The molecule has 0 bridgehead atoms. The van der Waals surface area contributed by atoms with Gasteiger partial charge < -0.3 is 5.73 Å². The predicted octanol–water partition coefficient (Wildman–Crippen LogP) is 1.70. The van der Waals surface area contributed by atoms with Gasteiger partial charge in [-0.25, -0.2) is 14.1 Å². The lowest BCUT2D eigenvalue weighted by Crippen LogP contribution is -2.16. The Bertz CT molecular complexity index is 648. The fourth-order valence-electron chi connectivity index (χ4n) is 2.33. The largest absolute Gasteiger partial charge is 0.369 e. The highest BCUT2D eigenvalue weighted by Crippen LogP contribution is 2.36. The van der Waals surface area contributed by atoms with E-state index in [1.807, 2.05) is 0 Å². The number of carbonyl (C=O) groups excluding carboxylic acids is 1. The molecular weight excluding hydrogens is 259 g/mol. The van der Waals surface area contributed by atoms with Gasteiger partial charge in [-0.1, -0.05) is 18.6 Å². The second kappa shape index (κ2) is 5.03. The van der Waals surface area contributed by atoms with Crippen LogP contribution in [0.25, 0.3) is 5.69 Å². The highest BCUT2D eigenvalue weighted by atomic mass is 19.1. The molecule has 1 heterocycles. The first-order valence-electron chi connectivity index (χ1n) is 6.64. The van der Waals surface area contributed by atoms with E-state index in [0.717, 1.165) is 25.1 Å². The number of nitrogens with two attached hydrogens (primary N) is 1. The molecule has 0 atom stereocenters. The topological polar surface area (TPSA) is 73.8 Å². The minimum atomic E-state index is -0.490. The molecule has 1 fully saturated rings. The standard InChI is InChI=1S/C14H15FN4O/c15-10-6-1-2-7-11(10)19-14(9-4-3-5-9)17-13(18-19)8-12(16)20/h1-2,6-7,9H,3-5,8H2,(H2,16,20). The molecule has 1 saturated carbocycles. The Balaban J connectivity index is 2.05. The summed E-state index contributed by atoms with van der Waals surface area (Å²) in [6.07, 6.45) is 3.15. The number of halogens is 1. The highest BCUT2D eigenvalue weighted by molar-refractivity contribution is 5.75. The van der Waals surface area contributed by atoms with Crippen LogP contribution in [-0.4, -0.2) is 20.7 Å². The van der Waals surface area contributed by atoms with Gasteiger partial charge in [-0.2, -0.15) is 5.10 Å². The smallest absolute Gasteiger partial charge is 0.225 e. The number of primary amides is 1. The van der Waals surface area contributed by atoms with Crippen LogP contribution >= 0.6 is 0 Å². The molecule has 1 aromatic carbocycles. The van der Waals surface area contributed by atoms with Crippen LogP contribution in [0.4, 0.5) is 4.39 Å². The van der Waals surface area contributed by atoms with Crippen LogP contribution < -0.4 is 5.73 Å². The molecule has 0 spiro atoms. The monoisotopic (exact) mass is 274 g/mol. The van der Waals surface area contributed by atoms with Crippen molar-refractivity contribution in [2.24, 2.45) is 5.73 Å². The first-order chi connectivity index (χ1) is 9.65. The van der Waals surface area contributed by atoms with E-state index in [1.165, 1.54) is 10.7 Å². The van der Waals surface area contributed by atoms with Crippen molar-refractivity contribution in [1.29, 1.82) is 0 Å². The third-order valence-corrected chi connectivity index (χ3v) is 3.56. The second-order valence-electron chi connectivity index (χ2n) is 5.02. The normalized spacial score (nSPS) is 15.1. The van der Waals surface area contributed by atoms with E-state index in [1.54, 1.807) is 18.2 Å². The SMILES string of the molecule is NC(=O)Cc1nc(C2CCC2)n(-c2ccccc2F)n1. The van der Waals surface area contributed by atoms with Gasteiger partial charge in [0.15, 0.2) is 5.82 Å². The van der Waals surface area contributed by atoms with Crippen molar-refractivity contribution in [2.45, 2.75) is 31.6 Å². The minimum Gasteiger partial charge on any atom is -0.369 e. The predicted molar refractivity (Wildman–Crippen MR) is 70.8 cm³/mol. The summed E-state index contributed by atoms with van der Waals surface area (Å²) >= 11 is 0. The number of amides is 1. The average Bonchev–Trinajstić information content (AvgIpc) is 2.70. The molecule has 1 amide bonds. The van der Waals surface area contributed by atoms with E-state index in [0.29, 0.717) is 11.5 Å². The van der Waals surface area contributed by atoms with E-state index < -0.39 is 5.91 Å². The van der Waals surface area contributed by atoms with Crippen LogP contribution in [0.3, 0.4) is 0 Å². The van der Waals surface area contributed by atoms with Crippen molar-refractivity contribution in [2.75, 3.05) is 0 Å². The minimum absolute atomic E-state index is 0.0266. The second-order valence-corrected chi connectivity index (χ2v) is 5.02. The van der Waals surface area contributed by atoms with Gasteiger partial charge in [0.2, 0.25) is 5.91 Å². The summed E-state index contributed by atoms with van der Waals surface area (Å²) in [4.78, 5) is 15.4.